The summed E-state index contributed by atoms with van der Waals surface area (Å²) in [5.41, 5.74) is 1.00. The molecule has 0 aliphatic heterocycles. The SMILES string of the molecule is CSCCC(C)N(C)CCc1nc(CCl)cs1. The predicted octanol–water partition coefficient (Wildman–Crippen LogP) is 3.50. The van der Waals surface area contributed by atoms with Crippen LogP contribution in [0.2, 0.25) is 0 Å². The molecule has 0 amide bonds. The van der Waals surface area contributed by atoms with Crippen molar-refractivity contribution < 1.29 is 0 Å². The molecule has 0 fully saturated rings. The number of thioether (sulfide) groups is 1. The fourth-order valence-corrected chi connectivity index (χ4v) is 3.12. The molecule has 17 heavy (non-hydrogen) atoms. The number of halogens is 1. The van der Waals surface area contributed by atoms with Crippen LogP contribution in [0.15, 0.2) is 5.38 Å². The molecule has 0 saturated carbocycles. The topological polar surface area (TPSA) is 16.1 Å². The summed E-state index contributed by atoms with van der Waals surface area (Å²) in [5.74, 6) is 1.76. The molecule has 0 N–H and O–H groups in total. The Kier molecular flexibility index (Phi) is 7.51. The Hall–Kier alpha value is 0.230. The second-order valence-electron chi connectivity index (χ2n) is 4.23. The Labute approximate surface area is 118 Å². The Morgan fingerprint density at radius 1 is 1.59 bits per heavy atom. The highest BCUT2D eigenvalue weighted by molar-refractivity contribution is 7.98. The summed E-state index contributed by atoms with van der Waals surface area (Å²) >= 11 is 9.38. The number of aromatic nitrogens is 1. The number of nitrogens with zero attached hydrogens (tertiary/aromatic N) is 2. The number of hydrogen-bond donors (Lipinski definition) is 0. The van der Waals surface area contributed by atoms with E-state index in [2.05, 4.69) is 35.5 Å². The first kappa shape index (κ1) is 15.3. The molecular formula is C12H21ClN2S2. The van der Waals surface area contributed by atoms with Crippen LogP contribution >= 0.6 is 34.7 Å². The van der Waals surface area contributed by atoms with E-state index in [1.54, 1.807) is 11.3 Å². The number of rotatable bonds is 8. The molecule has 0 spiro atoms. The average molecular weight is 293 g/mol. The van der Waals surface area contributed by atoms with Gasteiger partial charge in [-0.25, -0.2) is 4.98 Å². The van der Waals surface area contributed by atoms with Crippen molar-refractivity contribution >= 4 is 34.7 Å². The van der Waals surface area contributed by atoms with Gasteiger partial charge in [-0.2, -0.15) is 11.8 Å². The van der Waals surface area contributed by atoms with Gasteiger partial charge in [0.25, 0.3) is 0 Å². The van der Waals surface area contributed by atoms with Crippen LogP contribution in [0.1, 0.15) is 24.0 Å². The summed E-state index contributed by atoms with van der Waals surface area (Å²) < 4.78 is 0. The van der Waals surface area contributed by atoms with Crippen LogP contribution in [-0.4, -0.2) is 41.5 Å². The number of thiazole rings is 1. The summed E-state index contributed by atoms with van der Waals surface area (Å²) in [5, 5.41) is 3.25. The molecule has 1 aromatic heterocycles. The standard InChI is InChI=1S/C12H21ClN2S2/c1-10(5-7-16-3)15(2)6-4-12-14-11(8-13)9-17-12/h9-10H,4-8H2,1-3H3. The summed E-state index contributed by atoms with van der Waals surface area (Å²) in [4.78, 5) is 6.89. The van der Waals surface area contributed by atoms with E-state index in [1.807, 2.05) is 11.8 Å². The van der Waals surface area contributed by atoms with Gasteiger partial charge in [-0.05, 0) is 32.4 Å². The lowest BCUT2D eigenvalue weighted by Crippen LogP contribution is -2.31. The Morgan fingerprint density at radius 2 is 2.35 bits per heavy atom. The monoisotopic (exact) mass is 292 g/mol. The summed E-state index contributed by atoms with van der Waals surface area (Å²) in [6.45, 7) is 3.37. The highest BCUT2D eigenvalue weighted by atomic mass is 35.5. The van der Waals surface area contributed by atoms with Crippen LogP contribution in [0, 0.1) is 0 Å². The minimum absolute atomic E-state index is 0.524. The molecule has 1 unspecified atom stereocenters. The van der Waals surface area contributed by atoms with Crippen LogP contribution in [0.4, 0.5) is 0 Å². The quantitative estimate of drug-likeness (QED) is 0.682. The molecule has 0 radical (unpaired) electrons. The zero-order valence-corrected chi connectivity index (χ0v) is 13.2. The van der Waals surface area contributed by atoms with Crippen molar-refractivity contribution in [1.82, 2.24) is 9.88 Å². The Morgan fingerprint density at radius 3 is 2.94 bits per heavy atom. The summed E-state index contributed by atoms with van der Waals surface area (Å²) in [6.07, 6.45) is 4.44. The van der Waals surface area contributed by atoms with Crippen molar-refractivity contribution in [3.8, 4) is 0 Å². The highest BCUT2D eigenvalue weighted by Gasteiger charge is 2.09. The molecule has 0 aliphatic carbocycles. The zero-order valence-electron chi connectivity index (χ0n) is 10.8. The van der Waals surface area contributed by atoms with Crippen molar-refractivity contribution in [3.63, 3.8) is 0 Å². The second-order valence-corrected chi connectivity index (χ2v) is 6.42. The van der Waals surface area contributed by atoms with Gasteiger partial charge in [-0.15, -0.1) is 22.9 Å². The van der Waals surface area contributed by atoms with Crippen molar-refractivity contribution in [2.24, 2.45) is 0 Å². The number of likely N-dealkylation sites (N-methyl/N-ethyl adjacent to an activating group) is 1. The molecule has 1 atom stereocenters. The Balaban J connectivity index is 2.29. The molecule has 0 aliphatic rings. The summed E-state index contributed by atoms with van der Waals surface area (Å²) in [7, 11) is 2.20. The third-order valence-corrected chi connectivity index (χ3v) is 4.78. The van der Waals surface area contributed by atoms with Crippen molar-refractivity contribution in [3.05, 3.63) is 16.1 Å². The third-order valence-electron chi connectivity index (χ3n) is 2.91. The van der Waals surface area contributed by atoms with E-state index in [9.17, 15) is 0 Å². The number of alkyl halides is 1. The van der Waals surface area contributed by atoms with Crippen molar-refractivity contribution in [2.45, 2.75) is 31.7 Å². The second kappa shape index (κ2) is 8.35. The lowest BCUT2D eigenvalue weighted by Gasteiger charge is -2.23. The maximum atomic E-state index is 5.74. The van der Waals surface area contributed by atoms with Crippen LogP contribution < -0.4 is 0 Å². The van der Waals surface area contributed by atoms with Gasteiger partial charge in [0, 0.05) is 24.4 Å². The fraction of sp³-hybridized carbons (Fsp3) is 0.750. The van der Waals surface area contributed by atoms with E-state index < -0.39 is 0 Å². The van der Waals surface area contributed by atoms with E-state index in [0.717, 1.165) is 18.7 Å². The highest BCUT2D eigenvalue weighted by Crippen LogP contribution is 2.13. The predicted molar refractivity (Wildman–Crippen MR) is 80.5 cm³/mol. The Bertz CT molecular complexity index is 317. The molecule has 98 valence electrons. The van der Waals surface area contributed by atoms with E-state index in [-0.39, 0.29) is 0 Å². The average Bonchev–Trinajstić information content (AvgIpc) is 2.80. The normalized spacial score (nSPS) is 13.2. The van der Waals surface area contributed by atoms with Gasteiger partial charge < -0.3 is 4.90 Å². The molecule has 1 heterocycles. The first-order chi connectivity index (χ1) is 8.17. The van der Waals surface area contributed by atoms with E-state index in [4.69, 9.17) is 11.6 Å². The molecule has 5 heteroatoms. The molecule has 2 nitrogen and oxygen atoms in total. The molecule has 1 rings (SSSR count). The number of hydrogen-bond acceptors (Lipinski definition) is 4. The van der Waals surface area contributed by atoms with Gasteiger partial charge in [0.1, 0.15) is 0 Å². The molecule has 0 bridgehead atoms. The maximum Gasteiger partial charge on any atom is 0.0941 e. The van der Waals surface area contributed by atoms with Gasteiger partial charge in [0.05, 0.1) is 16.6 Å². The van der Waals surface area contributed by atoms with Gasteiger partial charge in [-0.3, -0.25) is 0 Å². The van der Waals surface area contributed by atoms with Crippen LogP contribution in [0.5, 0.6) is 0 Å². The summed E-state index contributed by atoms with van der Waals surface area (Å²) in [6, 6.07) is 0.648. The van der Waals surface area contributed by atoms with Gasteiger partial charge in [0.15, 0.2) is 0 Å². The lowest BCUT2D eigenvalue weighted by atomic mass is 10.2. The van der Waals surface area contributed by atoms with E-state index in [1.165, 1.54) is 17.2 Å². The molecule has 1 aromatic rings. The molecule has 0 aromatic carbocycles. The van der Waals surface area contributed by atoms with E-state index in [0.29, 0.717) is 11.9 Å². The van der Waals surface area contributed by atoms with Crippen molar-refractivity contribution in [2.75, 3.05) is 25.6 Å². The van der Waals surface area contributed by atoms with Crippen LogP contribution in [0.25, 0.3) is 0 Å². The first-order valence-corrected chi connectivity index (χ1v) is 8.66. The minimum Gasteiger partial charge on any atom is -0.303 e. The molecule has 0 saturated heterocycles. The van der Waals surface area contributed by atoms with E-state index >= 15 is 0 Å². The van der Waals surface area contributed by atoms with Gasteiger partial charge in [-0.1, -0.05) is 0 Å². The minimum atomic E-state index is 0.524. The first-order valence-electron chi connectivity index (χ1n) is 5.85. The smallest absolute Gasteiger partial charge is 0.0941 e. The lowest BCUT2D eigenvalue weighted by molar-refractivity contribution is 0.256. The van der Waals surface area contributed by atoms with Crippen LogP contribution in [-0.2, 0) is 12.3 Å². The van der Waals surface area contributed by atoms with Gasteiger partial charge >= 0.3 is 0 Å². The van der Waals surface area contributed by atoms with Gasteiger partial charge in [0.2, 0.25) is 0 Å². The zero-order chi connectivity index (χ0) is 12.7. The largest absolute Gasteiger partial charge is 0.303 e. The maximum absolute atomic E-state index is 5.74. The van der Waals surface area contributed by atoms with Crippen molar-refractivity contribution in [1.29, 1.82) is 0 Å². The third kappa shape index (κ3) is 5.60. The van der Waals surface area contributed by atoms with Crippen LogP contribution in [0.3, 0.4) is 0 Å². The fourth-order valence-electron chi connectivity index (χ4n) is 1.53. The molecular weight excluding hydrogens is 272 g/mol.